The number of hydrogen-bond donors (Lipinski definition) is 1. The maximum absolute atomic E-state index is 11.0. The Morgan fingerprint density at radius 3 is 2.67 bits per heavy atom. The largest absolute Gasteiger partial charge is 0.445 e. The highest BCUT2D eigenvalue weighted by atomic mass is 35.5. The number of primary amides is 1. The lowest BCUT2D eigenvalue weighted by Crippen LogP contribution is -2.13. The minimum absolute atomic E-state index is 0.0960. The van der Waals surface area contributed by atoms with Crippen molar-refractivity contribution in [3.05, 3.63) is 53.8 Å². The third-order valence-corrected chi connectivity index (χ3v) is 3.16. The second-order valence-corrected chi connectivity index (χ2v) is 4.59. The molecule has 3 aromatic rings. The summed E-state index contributed by atoms with van der Waals surface area (Å²) >= 11 is 6.18. The molecule has 6 nitrogen and oxygen atoms in total. The average molecular weight is 301 g/mol. The predicted molar refractivity (Wildman–Crippen MR) is 76.5 cm³/mol. The number of nitrogens with two attached hydrogens (primary N) is 1. The molecule has 7 heteroatoms. The van der Waals surface area contributed by atoms with E-state index in [4.69, 9.17) is 21.8 Å². The normalized spacial score (nSPS) is 10.5. The van der Waals surface area contributed by atoms with Crippen LogP contribution < -0.4 is 5.73 Å². The molecule has 2 heterocycles. The van der Waals surface area contributed by atoms with E-state index in [1.165, 1.54) is 18.7 Å². The van der Waals surface area contributed by atoms with Gasteiger partial charge in [-0.2, -0.15) is 0 Å². The van der Waals surface area contributed by atoms with Crippen molar-refractivity contribution in [2.24, 2.45) is 5.73 Å². The Bertz CT molecular complexity index is 785. The second-order valence-electron chi connectivity index (χ2n) is 4.18. The Balaban J connectivity index is 2.05. The summed E-state index contributed by atoms with van der Waals surface area (Å²) in [4.78, 5) is 23.2. The van der Waals surface area contributed by atoms with Gasteiger partial charge in [0.15, 0.2) is 0 Å². The zero-order valence-electron chi connectivity index (χ0n) is 10.7. The van der Waals surface area contributed by atoms with E-state index >= 15 is 0 Å². The number of benzene rings is 1. The first kappa shape index (κ1) is 13.3. The van der Waals surface area contributed by atoms with Crippen molar-refractivity contribution < 1.29 is 9.21 Å². The summed E-state index contributed by atoms with van der Waals surface area (Å²) in [6.07, 6.45) is 5.81. The minimum atomic E-state index is -0.631. The highest BCUT2D eigenvalue weighted by Gasteiger charge is 2.11. The van der Waals surface area contributed by atoms with Gasteiger partial charge in [0, 0.05) is 11.1 Å². The van der Waals surface area contributed by atoms with Crippen LogP contribution in [0, 0.1) is 0 Å². The molecule has 0 radical (unpaired) electrons. The predicted octanol–water partition coefficient (Wildman–Crippen LogP) is 2.55. The topological polar surface area (TPSA) is 94.9 Å². The molecule has 2 N–H and O–H groups in total. The van der Waals surface area contributed by atoms with Crippen LogP contribution in [-0.4, -0.2) is 20.9 Å². The lowest BCUT2D eigenvalue weighted by Gasteiger charge is -2.05. The summed E-state index contributed by atoms with van der Waals surface area (Å²) in [6, 6.07) is 5.31. The fraction of sp³-hybridized carbons (Fsp3) is 0. The van der Waals surface area contributed by atoms with Crippen molar-refractivity contribution in [1.82, 2.24) is 15.0 Å². The van der Waals surface area contributed by atoms with Gasteiger partial charge in [-0.05, 0) is 18.2 Å². The standard InChI is InChI=1S/C14H9ClN4O2/c15-10-2-1-8(14-17-3-4-21-14)5-9(10)11-6-19-12(7-18-11)13(16)20/h1-7H,(H2,16,20). The van der Waals surface area contributed by atoms with E-state index in [0.29, 0.717) is 22.2 Å². The fourth-order valence-corrected chi connectivity index (χ4v) is 2.03. The van der Waals surface area contributed by atoms with Crippen molar-refractivity contribution in [2.45, 2.75) is 0 Å². The zero-order chi connectivity index (χ0) is 14.8. The SMILES string of the molecule is NC(=O)c1cnc(-c2cc(-c3ncco3)ccc2Cl)cn1. The third kappa shape index (κ3) is 2.61. The minimum Gasteiger partial charge on any atom is -0.445 e. The maximum atomic E-state index is 11.0. The molecular weight excluding hydrogens is 292 g/mol. The molecule has 0 saturated heterocycles. The summed E-state index contributed by atoms with van der Waals surface area (Å²) in [7, 11) is 0. The number of carbonyl (C=O) groups excluding carboxylic acids is 1. The fourth-order valence-electron chi connectivity index (χ4n) is 1.81. The smallest absolute Gasteiger partial charge is 0.268 e. The quantitative estimate of drug-likeness (QED) is 0.802. The van der Waals surface area contributed by atoms with Crippen molar-refractivity contribution in [2.75, 3.05) is 0 Å². The first-order valence-corrected chi connectivity index (χ1v) is 6.34. The van der Waals surface area contributed by atoms with Crippen LogP contribution in [0.5, 0.6) is 0 Å². The molecule has 0 fully saturated rings. The summed E-state index contributed by atoms with van der Waals surface area (Å²) in [6.45, 7) is 0. The van der Waals surface area contributed by atoms with E-state index in [2.05, 4.69) is 15.0 Å². The number of amides is 1. The Morgan fingerprint density at radius 1 is 1.19 bits per heavy atom. The van der Waals surface area contributed by atoms with E-state index in [9.17, 15) is 4.79 Å². The Morgan fingerprint density at radius 2 is 2.05 bits per heavy atom. The summed E-state index contributed by atoms with van der Waals surface area (Å²) < 4.78 is 5.25. The van der Waals surface area contributed by atoms with Gasteiger partial charge < -0.3 is 10.2 Å². The Labute approximate surface area is 124 Å². The van der Waals surface area contributed by atoms with Gasteiger partial charge in [-0.3, -0.25) is 9.78 Å². The molecular formula is C14H9ClN4O2. The van der Waals surface area contributed by atoms with E-state index in [0.717, 1.165) is 5.56 Å². The first-order valence-electron chi connectivity index (χ1n) is 5.97. The molecule has 104 valence electrons. The van der Waals surface area contributed by atoms with Crippen LogP contribution in [0.25, 0.3) is 22.7 Å². The number of nitrogens with zero attached hydrogens (tertiary/aromatic N) is 3. The highest BCUT2D eigenvalue weighted by molar-refractivity contribution is 6.33. The van der Waals surface area contributed by atoms with E-state index in [1.807, 2.05) is 0 Å². The average Bonchev–Trinajstić information content (AvgIpc) is 3.02. The van der Waals surface area contributed by atoms with Crippen molar-refractivity contribution in [1.29, 1.82) is 0 Å². The Hall–Kier alpha value is -2.73. The molecule has 0 saturated carbocycles. The molecule has 0 bridgehead atoms. The maximum Gasteiger partial charge on any atom is 0.268 e. The summed E-state index contributed by atoms with van der Waals surface area (Å²) in [5.74, 6) is -0.150. The molecule has 1 amide bonds. The number of aromatic nitrogens is 3. The van der Waals surface area contributed by atoms with Crippen LogP contribution in [0.3, 0.4) is 0 Å². The van der Waals surface area contributed by atoms with Gasteiger partial charge >= 0.3 is 0 Å². The van der Waals surface area contributed by atoms with Crippen LogP contribution >= 0.6 is 11.6 Å². The molecule has 0 spiro atoms. The van der Waals surface area contributed by atoms with E-state index < -0.39 is 5.91 Å². The second kappa shape index (κ2) is 5.34. The molecule has 0 aliphatic heterocycles. The number of halogens is 1. The number of oxazole rings is 1. The third-order valence-electron chi connectivity index (χ3n) is 2.83. The number of hydrogen-bond acceptors (Lipinski definition) is 5. The van der Waals surface area contributed by atoms with Gasteiger partial charge in [0.05, 0.1) is 29.3 Å². The van der Waals surface area contributed by atoms with Crippen molar-refractivity contribution in [3.63, 3.8) is 0 Å². The lowest BCUT2D eigenvalue weighted by atomic mass is 10.1. The van der Waals surface area contributed by atoms with Crippen molar-refractivity contribution in [3.8, 4) is 22.7 Å². The van der Waals surface area contributed by atoms with Gasteiger partial charge in [0.25, 0.3) is 5.91 Å². The molecule has 1 aromatic carbocycles. The van der Waals surface area contributed by atoms with Gasteiger partial charge in [-0.1, -0.05) is 11.6 Å². The van der Waals surface area contributed by atoms with Crippen LogP contribution in [0.2, 0.25) is 5.02 Å². The molecule has 3 rings (SSSR count). The number of rotatable bonds is 3. The molecule has 0 aliphatic carbocycles. The molecule has 21 heavy (non-hydrogen) atoms. The first-order chi connectivity index (χ1) is 10.1. The van der Waals surface area contributed by atoms with Crippen LogP contribution in [0.1, 0.15) is 10.5 Å². The van der Waals surface area contributed by atoms with Crippen LogP contribution in [0.15, 0.2) is 47.5 Å². The zero-order valence-corrected chi connectivity index (χ0v) is 11.4. The molecule has 0 atom stereocenters. The Kier molecular flexibility index (Phi) is 3.37. The van der Waals surface area contributed by atoms with Gasteiger partial charge in [0.1, 0.15) is 12.0 Å². The van der Waals surface area contributed by atoms with E-state index in [1.54, 1.807) is 24.4 Å². The van der Waals surface area contributed by atoms with Gasteiger partial charge in [0.2, 0.25) is 5.89 Å². The van der Waals surface area contributed by atoms with E-state index in [-0.39, 0.29) is 5.69 Å². The molecule has 0 unspecified atom stereocenters. The monoisotopic (exact) mass is 300 g/mol. The highest BCUT2D eigenvalue weighted by Crippen LogP contribution is 2.30. The molecule has 0 aliphatic rings. The van der Waals surface area contributed by atoms with Gasteiger partial charge in [-0.15, -0.1) is 0 Å². The number of carbonyl (C=O) groups is 1. The summed E-state index contributed by atoms with van der Waals surface area (Å²) in [5, 5.41) is 0.506. The van der Waals surface area contributed by atoms with Gasteiger partial charge in [-0.25, -0.2) is 9.97 Å². The van der Waals surface area contributed by atoms with Crippen LogP contribution in [-0.2, 0) is 0 Å². The van der Waals surface area contributed by atoms with Crippen molar-refractivity contribution >= 4 is 17.5 Å². The lowest BCUT2D eigenvalue weighted by molar-refractivity contribution is 0.0995. The molecule has 2 aromatic heterocycles. The summed E-state index contributed by atoms with van der Waals surface area (Å²) in [5.41, 5.74) is 7.18. The van der Waals surface area contributed by atoms with Crippen LogP contribution in [0.4, 0.5) is 0 Å².